The minimum atomic E-state index is -0.357. The van der Waals surface area contributed by atoms with E-state index in [1.54, 1.807) is 13.8 Å². The van der Waals surface area contributed by atoms with Gasteiger partial charge in [0.25, 0.3) is 0 Å². The van der Waals surface area contributed by atoms with E-state index in [2.05, 4.69) is 9.47 Å². The number of carbonyl (C=O) groups is 2. The maximum atomic E-state index is 10.7. The summed E-state index contributed by atoms with van der Waals surface area (Å²) in [5.41, 5.74) is 0. The Labute approximate surface area is 155 Å². The van der Waals surface area contributed by atoms with Crippen LogP contribution < -0.4 is 0 Å². The fraction of sp³-hybridized carbons (Fsp3) is 0.875. The van der Waals surface area contributed by atoms with Gasteiger partial charge in [0, 0.05) is 13.2 Å². The highest BCUT2D eigenvalue weighted by atomic mass is 35.5. The maximum Gasteiger partial charge on any atom is 0.332 e. The molecular formula is C16H33ClO8. The number of alkyl halides is 1. The molecule has 0 rings (SSSR count). The van der Waals surface area contributed by atoms with Gasteiger partial charge < -0.3 is 28.8 Å². The van der Waals surface area contributed by atoms with Crippen molar-refractivity contribution in [2.24, 2.45) is 0 Å². The van der Waals surface area contributed by atoms with Crippen molar-refractivity contribution in [3.63, 3.8) is 0 Å². The minimum absolute atomic E-state index is 0.0148. The van der Waals surface area contributed by atoms with E-state index in [9.17, 15) is 9.59 Å². The molecule has 0 aromatic heterocycles. The second kappa shape index (κ2) is 27.9. The van der Waals surface area contributed by atoms with E-state index in [4.69, 9.17) is 30.9 Å². The van der Waals surface area contributed by atoms with Crippen LogP contribution in [0.15, 0.2) is 0 Å². The molecule has 8 nitrogen and oxygen atoms in total. The molecule has 0 aliphatic carbocycles. The van der Waals surface area contributed by atoms with E-state index in [0.29, 0.717) is 46.2 Å². The largest absolute Gasteiger partial charge is 0.465 e. The summed E-state index contributed by atoms with van der Waals surface area (Å²) < 4.78 is 23.7. The molecule has 0 aliphatic rings. The fourth-order valence-corrected chi connectivity index (χ4v) is 1.11. The first-order chi connectivity index (χ1) is 12.0. The van der Waals surface area contributed by atoms with Crippen molar-refractivity contribution < 1.29 is 38.4 Å². The summed E-state index contributed by atoms with van der Waals surface area (Å²) in [5.74, 6) is -0.730. The standard InChI is InChI=1S/C8H16O4.C4H7ClO2.C4H10O2/c1-3-10-5-6-11-7-8(9)12-4-2;1-2-7-4(6)3-5;1-2-6-4-3-5/h3-7H2,1-2H3;2-3H2,1H3;5H,2-4H2,1H3. The molecule has 0 heterocycles. The number of hydrogen-bond acceptors (Lipinski definition) is 8. The first kappa shape index (κ1) is 28.9. The van der Waals surface area contributed by atoms with Crippen LogP contribution in [0.5, 0.6) is 0 Å². The van der Waals surface area contributed by atoms with Gasteiger partial charge in [0.15, 0.2) is 0 Å². The normalized spacial score (nSPS) is 9.20. The quantitative estimate of drug-likeness (QED) is 0.304. The Morgan fingerprint density at radius 1 is 0.760 bits per heavy atom. The van der Waals surface area contributed by atoms with Crippen LogP contribution in [0.3, 0.4) is 0 Å². The Balaban J connectivity index is -0.000000317. The van der Waals surface area contributed by atoms with Crippen molar-refractivity contribution in [1.29, 1.82) is 0 Å². The van der Waals surface area contributed by atoms with E-state index < -0.39 is 0 Å². The third-order valence-electron chi connectivity index (χ3n) is 1.96. The Bertz CT molecular complexity index is 273. The molecule has 0 bridgehead atoms. The smallest absolute Gasteiger partial charge is 0.332 e. The highest BCUT2D eigenvalue weighted by Crippen LogP contribution is 1.82. The predicted molar refractivity (Wildman–Crippen MR) is 94.9 cm³/mol. The number of ether oxygens (including phenoxy) is 5. The minimum Gasteiger partial charge on any atom is -0.465 e. The SMILES string of the molecule is CCOC(=O)CCl.CCOCCO.CCOCCOCC(=O)OCC. The van der Waals surface area contributed by atoms with Crippen LogP contribution >= 0.6 is 11.6 Å². The fourth-order valence-electron chi connectivity index (χ4n) is 1.03. The number of aliphatic hydroxyl groups excluding tert-OH is 1. The highest BCUT2D eigenvalue weighted by Gasteiger charge is 1.99. The summed E-state index contributed by atoms with van der Waals surface area (Å²) in [4.78, 5) is 20.7. The second-order valence-corrected chi connectivity index (χ2v) is 4.18. The molecule has 0 saturated carbocycles. The maximum absolute atomic E-state index is 10.7. The van der Waals surface area contributed by atoms with E-state index in [1.165, 1.54) is 0 Å². The van der Waals surface area contributed by atoms with E-state index >= 15 is 0 Å². The molecule has 9 heteroatoms. The Hall–Kier alpha value is -0.930. The van der Waals surface area contributed by atoms with Gasteiger partial charge in [-0.05, 0) is 27.7 Å². The molecule has 0 amide bonds. The number of halogens is 1. The zero-order valence-corrected chi connectivity index (χ0v) is 16.5. The number of rotatable bonds is 12. The Morgan fingerprint density at radius 2 is 1.24 bits per heavy atom. The number of hydrogen-bond donors (Lipinski definition) is 1. The zero-order chi connectivity index (χ0) is 19.8. The summed E-state index contributed by atoms with van der Waals surface area (Å²) in [7, 11) is 0. The molecule has 0 aliphatic heterocycles. The van der Waals surface area contributed by atoms with Crippen LogP contribution in [-0.4, -0.2) is 82.4 Å². The molecular weight excluding hydrogens is 356 g/mol. The average Bonchev–Trinajstić information content (AvgIpc) is 2.61. The summed E-state index contributed by atoms with van der Waals surface area (Å²) in [6.07, 6.45) is 0. The van der Waals surface area contributed by atoms with Gasteiger partial charge in [-0.2, -0.15) is 0 Å². The number of esters is 2. The van der Waals surface area contributed by atoms with Crippen molar-refractivity contribution >= 4 is 23.5 Å². The highest BCUT2D eigenvalue weighted by molar-refractivity contribution is 6.26. The van der Waals surface area contributed by atoms with Crippen molar-refractivity contribution in [1.82, 2.24) is 0 Å². The predicted octanol–water partition coefficient (Wildman–Crippen LogP) is 1.41. The first-order valence-electron chi connectivity index (χ1n) is 8.24. The molecule has 0 saturated heterocycles. The van der Waals surface area contributed by atoms with Crippen LogP contribution in [0, 0.1) is 0 Å². The summed E-state index contributed by atoms with van der Waals surface area (Å²) in [6, 6.07) is 0. The lowest BCUT2D eigenvalue weighted by molar-refractivity contribution is -0.149. The molecule has 0 fully saturated rings. The number of carbonyl (C=O) groups excluding carboxylic acids is 2. The third kappa shape index (κ3) is 35.1. The van der Waals surface area contributed by atoms with Crippen molar-refractivity contribution in [2.45, 2.75) is 27.7 Å². The zero-order valence-electron chi connectivity index (χ0n) is 15.8. The van der Waals surface area contributed by atoms with Crippen LogP contribution in [-0.2, 0) is 33.3 Å². The molecule has 0 aromatic carbocycles. The van der Waals surface area contributed by atoms with Crippen LogP contribution in [0.25, 0.3) is 0 Å². The van der Waals surface area contributed by atoms with Gasteiger partial charge in [0.2, 0.25) is 0 Å². The molecule has 152 valence electrons. The van der Waals surface area contributed by atoms with Gasteiger partial charge in [-0.1, -0.05) is 0 Å². The molecule has 0 aromatic rings. The van der Waals surface area contributed by atoms with Gasteiger partial charge >= 0.3 is 11.9 Å². The Morgan fingerprint density at radius 3 is 1.60 bits per heavy atom. The van der Waals surface area contributed by atoms with E-state index in [0.717, 1.165) is 0 Å². The third-order valence-corrected chi connectivity index (χ3v) is 2.17. The van der Waals surface area contributed by atoms with Gasteiger partial charge in [0.05, 0.1) is 39.6 Å². The second-order valence-electron chi connectivity index (χ2n) is 3.91. The first-order valence-corrected chi connectivity index (χ1v) is 8.78. The molecule has 1 N–H and O–H groups in total. The molecule has 25 heavy (non-hydrogen) atoms. The summed E-state index contributed by atoms with van der Waals surface area (Å²) in [5, 5.41) is 8.07. The van der Waals surface area contributed by atoms with Crippen LogP contribution in [0.2, 0.25) is 0 Å². The van der Waals surface area contributed by atoms with E-state index in [-0.39, 0.29) is 31.0 Å². The lowest BCUT2D eigenvalue weighted by atomic mass is 10.7. The molecule has 0 atom stereocenters. The summed E-state index contributed by atoms with van der Waals surface area (Å²) in [6.45, 7) is 11.1. The molecule has 0 spiro atoms. The van der Waals surface area contributed by atoms with Gasteiger partial charge in [-0.25, -0.2) is 4.79 Å². The van der Waals surface area contributed by atoms with Crippen molar-refractivity contribution in [3.05, 3.63) is 0 Å². The average molecular weight is 389 g/mol. The van der Waals surface area contributed by atoms with Crippen molar-refractivity contribution in [3.8, 4) is 0 Å². The van der Waals surface area contributed by atoms with Crippen molar-refractivity contribution in [2.75, 3.05) is 65.3 Å². The van der Waals surface area contributed by atoms with Gasteiger partial charge in [0.1, 0.15) is 12.5 Å². The summed E-state index contributed by atoms with van der Waals surface area (Å²) >= 11 is 5.06. The lowest BCUT2D eigenvalue weighted by Crippen LogP contribution is -2.14. The molecule has 0 unspecified atom stereocenters. The topological polar surface area (TPSA) is 101 Å². The van der Waals surface area contributed by atoms with Gasteiger partial charge in [-0.3, -0.25) is 4.79 Å². The Kier molecular flexibility index (Phi) is 32.2. The van der Waals surface area contributed by atoms with Gasteiger partial charge in [-0.15, -0.1) is 11.6 Å². The van der Waals surface area contributed by atoms with Crippen LogP contribution in [0.1, 0.15) is 27.7 Å². The molecule has 0 radical (unpaired) electrons. The van der Waals surface area contributed by atoms with Crippen LogP contribution in [0.4, 0.5) is 0 Å². The lowest BCUT2D eigenvalue weighted by Gasteiger charge is -2.03. The number of aliphatic hydroxyl groups is 1. The monoisotopic (exact) mass is 388 g/mol. The van der Waals surface area contributed by atoms with E-state index in [1.807, 2.05) is 13.8 Å².